The molecule has 0 aliphatic heterocycles. The molecule has 0 amide bonds. The van der Waals surface area contributed by atoms with Crippen LogP contribution >= 0.6 is 0 Å². The van der Waals surface area contributed by atoms with Gasteiger partial charge in [-0.3, -0.25) is 14.3 Å². The van der Waals surface area contributed by atoms with Gasteiger partial charge in [0.05, 0.1) is 4.92 Å². The van der Waals surface area contributed by atoms with Crippen LogP contribution in [0.1, 0.15) is 17.3 Å². The van der Waals surface area contributed by atoms with Crippen molar-refractivity contribution < 1.29 is 19.0 Å². The molecule has 2 unspecified atom stereocenters. The molecular weight excluding hydrogens is 274 g/mol. The summed E-state index contributed by atoms with van der Waals surface area (Å²) in [7, 11) is -1.04. The van der Waals surface area contributed by atoms with E-state index in [2.05, 4.69) is 10.3 Å². The van der Waals surface area contributed by atoms with Crippen molar-refractivity contribution in [1.82, 2.24) is 4.98 Å². The molecule has 0 fully saturated rings. The number of aromatic nitrogens is 1. The van der Waals surface area contributed by atoms with E-state index < -0.39 is 27.4 Å². The Hall–Kier alpha value is -2.03. The van der Waals surface area contributed by atoms with Crippen LogP contribution in [0.3, 0.4) is 0 Å². The Morgan fingerprint density at radius 3 is 2.79 bits per heavy atom. The number of nitrogens with zero attached hydrogens (tertiary/aromatic N) is 2. The van der Waals surface area contributed by atoms with E-state index in [-0.39, 0.29) is 17.4 Å². The topological polar surface area (TPSA) is 122 Å². The number of carbonyl (C=O) groups is 1. The number of nitrogens with one attached hydrogen (secondary N) is 1. The number of hydrogen-bond donors (Lipinski definition) is 2. The molecule has 0 aliphatic rings. The fraction of sp³-hybridized carbons (Fsp3) is 0.400. The van der Waals surface area contributed by atoms with Gasteiger partial charge in [0.2, 0.25) is 0 Å². The fourth-order valence-corrected chi connectivity index (χ4v) is 2.25. The molecule has 8 nitrogen and oxygen atoms in total. The number of rotatable bonds is 6. The smallest absolute Gasteiger partial charge is 0.339 e. The first kappa shape index (κ1) is 15.0. The molecule has 104 valence electrons. The first-order valence-electron chi connectivity index (χ1n) is 5.25. The molecular formula is C10H13N3O5S. The molecule has 0 radical (unpaired) electrons. The lowest BCUT2D eigenvalue weighted by atomic mass is 10.2. The summed E-state index contributed by atoms with van der Waals surface area (Å²) in [5.41, 5.74) is -0.683. The summed E-state index contributed by atoms with van der Waals surface area (Å²) in [6, 6.07) is 0.672. The van der Waals surface area contributed by atoms with Crippen molar-refractivity contribution >= 4 is 28.3 Å². The van der Waals surface area contributed by atoms with Crippen molar-refractivity contribution in [1.29, 1.82) is 0 Å². The maximum atomic E-state index is 11.1. The van der Waals surface area contributed by atoms with E-state index in [4.69, 9.17) is 5.11 Å². The number of nitro groups is 1. The minimum atomic E-state index is -1.32. The lowest BCUT2D eigenvalue weighted by Crippen LogP contribution is -2.24. The van der Waals surface area contributed by atoms with Crippen LogP contribution in [0, 0.1) is 10.1 Å². The summed E-state index contributed by atoms with van der Waals surface area (Å²) in [6.07, 6.45) is 2.50. The SMILES string of the molecule is CC(CS(C)=O)Nc1ncc([N+](=O)[O-])cc1C(=O)O. The Balaban J connectivity index is 3.03. The highest BCUT2D eigenvalue weighted by molar-refractivity contribution is 7.84. The van der Waals surface area contributed by atoms with Crippen LogP contribution in [0.2, 0.25) is 0 Å². The van der Waals surface area contributed by atoms with E-state index in [9.17, 15) is 19.1 Å². The third-order valence-electron chi connectivity index (χ3n) is 2.18. The minimum absolute atomic E-state index is 0.0241. The predicted octanol–water partition coefficient (Wildman–Crippen LogP) is 0.867. The quantitative estimate of drug-likeness (QED) is 0.587. The Morgan fingerprint density at radius 2 is 2.32 bits per heavy atom. The second kappa shape index (κ2) is 6.23. The molecule has 0 aliphatic carbocycles. The van der Waals surface area contributed by atoms with Gasteiger partial charge in [0.25, 0.3) is 5.69 Å². The number of anilines is 1. The third kappa shape index (κ3) is 4.28. The van der Waals surface area contributed by atoms with Crippen molar-refractivity contribution in [3.63, 3.8) is 0 Å². The van der Waals surface area contributed by atoms with Crippen LogP contribution in [0.25, 0.3) is 0 Å². The first-order chi connectivity index (χ1) is 8.81. The molecule has 0 saturated heterocycles. The summed E-state index contributed by atoms with van der Waals surface area (Å²) >= 11 is 0. The lowest BCUT2D eigenvalue weighted by Gasteiger charge is -2.14. The predicted molar refractivity (Wildman–Crippen MR) is 69.9 cm³/mol. The van der Waals surface area contributed by atoms with Gasteiger partial charge in [-0.05, 0) is 6.92 Å². The van der Waals surface area contributed by atoms with Crippen molar-refractivity contribution in [2.24, 2.45) is 0 Å². The standard InChI is InChI=1S/C10H13N3O5S/c1-6(5-19(2)18)12-9-8(10(14)15)3-7(4-11-9)13(16)17/h3-4,6H,5H2,1-2H3,(H,11,12)(H,14,15). The molecule has 1 heterocycles. The zero-order valence-corrected chi connectivity index (χ0v) is 11.1. The Kier molecular flexibility index (Phi) is 4.93. The average molecular weight is 287 g/mol. The summed E-state index contributed by atoms with van der Waals surface area (Å²) < 4.78 is 11.1. The van der Waals surface area contributed by atoms with Gasteiger partial charge in [0.1, 0.15) is 17.6 Å². The number of pyridine rings is 1. The molecule has 19 heavy (non-hydrogen) atoms. The van der Waals surface area contributed by atoms with Gasteiger partial charge in [0, 0.05) is 34.9 Å². The van der Waals surface area contributed by atoms with Gasteiger partial charge >= 0.3 is 5.97 Å². The Morgan fingerprint density at radius 1 is 1.68 bits per heavy atom. The summed E-state index contributed by atoms with van der Waals surface area (Å²) in [5.74, 6) is -0.975. The number of aromatic carboxylic acids is 1. The van der Waals surface area contributed by atoms with Gasteiger partial charge in [-0.25, -0.2) is 9.78 Å². The van der Waals surface area contributed by atoms with Crippen molar-refractivity contribution in [3.8, 4) is 0 Å². The number of carboxylic acid groups (broad SMARTS) is 1. The maximum Gasteiger partial charge on any atom is 0.339 e. The minimum Gasteiger partial charge on any atom is -0.478 e. The van der Waals surface area contributed by atoms with Gasteiger partial charge < -0.3 is 10.4 Å². The number of carboxylic acids is 1. The van der Waals surface area contributed by atoms with Gasteiger partial charge in [-0.15, -0.1) is 0 Å². The molecule has 0 saturated carbocycles. The third-order valence-corrected chi connectivity index (χ3v) is 3.15. The fourth-order valence-electron chi connectivity index (χ4n) is 1.46. The van der Waals surface area contributed by atoms with Crippen LogP contribution in [0.4, 0.5) is 11.5 Å². The molecule has 1 aromatic heterocycles. The molecule has 2 N–H and O–H groups in total. The molecule has 0 aromatic carbocycles. The van der Waals surface area contributed by atoms with E-state index >= 15 is 0 Å². The monoisotopic (exact) mass is 287 g/mol. The van der Waals surface area contributed by atoms with E-state index in [1.807, 2.05) is 0 Å². The zero-order valence-electron chi connectivity index (χ0n) is 10.3. The van der Waals surface area contributed by atoms with Gasteiger partial charge in [0.15, 0.2) is 0 Å². The zero-order chi connectivity index (χ0) is 14.6. The summed E-state index contributed by atoms with van der Waals surface area (Å²) in [6.45, 7) is 1.72. The molecule has 1 rings (SSSR count). The van der Waals surface area contributed by atoms with Crippen molar-refractivity contribution in [2.75, 3.05) is 17.3 Å². The normalized spacial score (nSPS) is 13.6. The molecule has 0 bridgehead atoms. The second-order valence-corrected chi connectivity index (χ2v) is 5.42. The van der Waals surface area contributed by atoms with Crippen LogP contribution < -0.4 is 5.32 Å². The van der Waals surface area contributed by atoms with Crippen LogP contribution in [-0.4, -0.2) is 43.2 Å². The van der Waals surface area contributed by atoms with Crippen LogP contribution in [0.15, 0.2) is 12.3 Å². The Bertz CT molecular complexity index is 534. The van der Waals surface area contributed by atoms with Crippen LogP contribution in [0.5, 0.6) is 0 Å². The molecule has 1 aromatic rings. The highest BCUT2D eigenvalue weighted by Gasteiger charge is 2.18. The maximum absolute atomic E-state index is 11.1. The summed E-state index contributed by atoms with van der Waals surface area (Å²) in [5, 5.41) is 22.4. The lowest BCUT2D eigenvalue weighted by molar-refractivity contribution is -0.385. The largest absolute Gasteiger partial charge is 0.478 e. The summed E-state index contributed by atoms with van der Waals surface area (Å²) in [4.78, 5) is 24.6. The van der Waals surface area contributed by atoms with Gasteiger partial charge in [-0.2, -0.15) is 0 Å². The van der Waals surface area contributed by atoms with Crippen molar-refractivity contribution in [2.45, 2.75) is 13.0 Å². The molecule has 0 spiro atoms. The Labute approximate surface area is 111 Å². The molecule has 2 atom stereocenters. The van der Waals surface area contributed by atoms with Crippen molar-refractivity contribution in [3.05, 3.63) is 27.9 Å². The van der Waals surface area contributed by atoms with Gasteiger partial charge in [-0.1, -0.05) is 0 Å². The van der Waals surface area contributed by atoms with E-state index in [0.717, 1.165) is 12.3 Å². The molecule has 9 heteroatoms. The highest BCUT2D eigenvalue weighted by Crippen LogP contribution is 2.19. The highest BCUT2D eigenvalue weighted by atomic mass is 32.2. The van der Waals surface area contributed by atoms with E-state index in [1.54, 1.807) is 6.92 Å². The first-order valence-corrected chi connectivity index (χ1v) is 6.98. The second-order valence-electron chi connectivity index (χ2n) is 3.94. The average Bonchev–Trinajstić information content (AvgIpc) is 2.27. The van der Waals surface area contributed by atoms with Crippen LogP contribution in [-0.2, 0) is 10.8 Å². The number of hydrogen-bond acceptors (Lipinski definition) is 6. The van der Waals surface area contributed by atoms with E-state index in [1.165, 1.54) is 6.26 Å². The van der Waals surface area contributed by atoms with E-state index in [0.29, 0.717) is 5.75 Å².